The second kappa shape index (κ2) is 9.17. The van der Waals surface area contributed by atoms with Gasteiger partial charge in [0.05, 0.1) is 12.7 Å². The Morgan fingerprint density at radius 2 is 1.93 bits per heavy atom. The maximum atomic E-state index is 13.1. The molecule has 4 rings (SSSR count). The Hall–Kier alpha value is -3.06. The summed E-state index contributed by atoms with van der Waals surface area (Å²) in [5, 5.41) is 21.3. The molecule has 1 atom stereocenters. The Morgan fingerprint density at radius 3 is 2.67 bits per heavy atom. The number of amides is 1. The molecule has 1 aliphatic rings. The van der Waals surface area contributed by atoms with Crippen molar-refractivity contribution in [3.8, 4) is 11.1 Å². The van der Waals surface area contributed by atoms with E-state index in [9.17, 15) is 9.90 Å². The van der Waals surface area contributed by atoms with Crippen molar-refractivity contribution < 1.29 is 15.0 Å². The molecule has 2 aromatic carbocycles. The highest BCUT2D eigenvalue weighted by molar-refractivity contribution is 6.06. The van der Waals surface area contributed by atoms with Crippen LogP contribution in [0.15, 0.2) is 66.9 Å². The van der Waals surface area contributed by atoms with Crippen LogP contribution in [0, 0.1) is 0 Å². The van der Waals surface area contributed by atoms with E-state index >= 15 is 0 Å². The third-order valence-electron chi connectivity index (χ3n) is 5.32. The summed E-state index contributed by atoms with van der Waals surface area (Å²) in [6.07, 6.45) is 1.71. The van der Waals surface area contributed by atoms with Gasteiger partial charge in [-0.15, -0.1) is 0 Å². The minimum atomic E-state index is -0.783. The fourth-order valence-electron chi connectivity index (χ4n) is 3.77. The molecule has 1 aliphatic heterocycles. The van der Waals surface area contributed by atoms with Crippen molar-refractivity contribution in [2.45, 2.75) is 19.1 Å². The maximum Gasteiger partial charge on any atom is 0.276 e. The SMILES string of the molecule is O=C(c1ccc(CNC[C@H](O)CO)cn1)N1CCc2c(-c3ccccc3)cccc21. The summed E-state index contributed by atoms with van der Waals surface area (Å²) in [6, 6.07) is 19.9. The Morgan fingerprint density at radius 1 is 1.10 bits per heavy atom. The minimum absolute atomic E-state index is 0.103. The van der Waals surface area contributed by atoms with Gasteiger partial charge in [-0.3, -0.25) is 9.78 Å². The van der Waals surface area contributed by atoms with Crippen LogP contribution >= 0.6 is 0 Å². The number of carbonyl (C=O) groups excluding carboxylic acids is 1. The van der Waals surface area contributed by atoms with E-state index in [-0.39, 0.29) is 12.5 Å². The molecule has 0 fully saturated rings. The number of hydrogen-bond acceptors (Lipinski definition) is 5. The van der Waals surface area contributed by atoms with Crippen molar-refractivity contribution in [3.05, 3.63) is 83.7 Å². The van der Waals surface area contributed by atoms with Gasteiger partial charge >= 0.3 is 0 Å². The van der Waals surface area contributed by atoms with Gasteiger partial charge in [-0.25, -0.2) is 0 Å². The molecule has 0 saturated carbocycles. The van der Waals surface area contributed by atoms with Crippen LogP contribution in [-0.4, -0.2) is 46.9 Å². The van der Waals surface area contributed by atoms with Crippen LogP contribution < -0.4 is 10.2 Å². The van der Waals surface area contributed by atoms with Crippen LogP contribution in [0.25, 0.3) is 11.1 Å². The maximum absolute atomic E-state index is 13.1. The molecule has 6 nitrogen and oxygen atoms in total. The Balaban J connectivity index is 1.48. The average molecular weight is 403 g/mol. The first kappa shape index (κ1) is 20.2. The molecule has 0 unspecified atom stereocenters. The number of pyridine rings is 1. The van der Waals surface area contributed by atoms with E-state index in [4.69, 9.17) is 5.11 Å². The summed E-state index contributed by atoms with van der Waals surface area (Å²) in [6.45, 7) is 1.17. The van der Waals surface area contributed by atoms with E-state index in [1.54, 1.807) is 17.2 Å². The van der Waals surface area contributed by atoms with Gasteiger partial charge in [0.25, 0.3) is 5.91 Å². The molecule has 0 bridgehead atoms. The summed E-state index contributed by atoms with van der Waals surface area (Å²) in [5.41, 5.74) is 5.79. The van der Waals surface area contributed by atoms with Crippen molar-refractivity contribution in [1.29, 1.82) is 0 Å². The number of rotatable bonds is 7. The number of hydrogen-bond donors (Lipinski definition) is 3. The van der Waals surface area contributed by atoms with Gasteiger partial charge in [0, 0.05) is 31.5 Å². The molecule has 154 valence electrons. The second-order valence-electron chi connectivity index (χ2n) is 7.40. The van der Waals surface area contributed by atoms with Crippen LogP contribution in [-0.2, 0) is 13.0 Å². The molecule has 0 radical (unpaired) electrons. The van der Waals surface area contributed by atoms with Crippen molar-refractivity contribution >= 4 is 11.6 Å². The first-order valence-corrected chi connectivity index (χ1v) is 10.1. The molecule has 3 N–H and O–H groups in total. The van der Waals surface area contributed by atoms with E-state index in [2.05, 4.69) is 28.5 Å². The lowest BCUT2D eigenvalue weighted by molar-refractivity contribution is 0.0942. The molecular formula is C24H25N3O3. The minimum Gasteiger partial charge on any atom is -0.394 e. The van der Waals surface area contributed by atoms with Crippen molar-refractivity contribution in [2.24, 2.45) is 0 Å². The monoisotopic (exact) mass is 403 g/mol. The lowest BCUT2D eigenvalue weighted by atomic mass is 9.98. The normalized spacial score (nSPS) is 13.9. The fraction of sp³-hybridized carbons (Fsp3) is 0.250. The Bertz CT molecular complexity index is 1010. The molecule has 1 aromatic heterocycles. The highest BCUT2D eigenvalue weighted by Crippen LogP contribution is 2.36. The summed E-state index contributed by atoms with van der Waals surface area (Å²) in [7, 11) is 0. The van der Waals surface area contributed by atoms with Gasteiger partial charge in [0.15, 0.2) is 0 Å². The zero-order valence-corrected chi connectivity index (χ0v) is 16.7. The molecule has 0 aliphatic carbocycles. The van der Waals surface area contributed by atoms with E-state index in [0.717, 1.165) is 23.2 Å². The molecule has 30 heavy (non-hydrogen) atoms. The van der Waals surface area contributed by atoms with Crippen molar-refractivity contribution in [1.82, 2.24) is 10.3 Å². The zero-order chi connectivity index (χ0) is 20.9. The molecule has 0 spiro atoms. The number of carbonyl (C=O) groups is 1. The fourth-order valence-corrected chi connectivity index (χ4v) is 3.77. The highest BCUT2D eigenvalue weighted by atomic mass is 16.3. The predicted molar refractivity (Wildman–Crippen MR) is 116 cm³/mol. The molecule has 1 amide bonds. The number of nitrogens with one attached hydrogen (secondary N) is 1. The van der Waals surface area contributed by atoms with Gasteiger partial charge in [-0.05, 0) is 40.8 Å². The number of aromatic nitrogens is 1. The topological polar surface area (TPSA) is 85.7 Å². The van der Waals surface area contributed by atoms with Gasteiger partial charge in [-0.1, -0.05) is 48.5 Å². The average Bonchev–Trinajstić information content (AvgIpc) is 3.24. The summed E-state index contributed by atoms with van der Waals surface area (Å²) < 4.78 is 0. The van der Waals surface area contributed by atoms with E-state index in [1.165, 1.54) is 11.1 Å². The molecule has 2 heterocycles. The van der Waals surface area contributed by atoms with Crippen molar-refractivity contribution in [2.75, 3.05) is 24.6 Å². The number of aliphatic hydroxyl groups is 2. The summed E-state index contributed by atoms with van der Waals surface area (Å²) in [4.78, 5) is 19.3. The highest BCUT2D eigenvalue weighted by Gasteiger charge is 2.28. The third kappa shape index (κ3) is 4.26. The predicted octanol–water partition coefficient (Wildman–Crippen LogP) is 2.39. The Kier molecular flexibility index (Phi) is 6.18. The van der Waals surface area contributed by atoms with Gasteiger partial charge in [0.1, 0.15) is 5.69 Å². The number of fused-ring (bicyclic) bond motifs is 1. The van der Waals surface area contributed by atoms with Gasteiger partial charge < -0.3 is 20.4 Å². The third-order valence-corrected chi connectivity index (χ3v) is 5.32. The van der Waals surface area contributed by atoms with Crippen molar-refractivity contribution in [3.63, 3.8) is 0 Å². The first-order chi connectivity index (χ1) is 14.7. The van der Waals surface area contributed by atoms with Gasteiger partial charge in [0.2, 0.25) is 0 Å². The van der Waals surface area contributed by atoms with Crippen LogP contribution in [0.3, 0.4) is 0 Å². The molecule has 3 aromatic rings. The zero-order valence-electron chi connectivity index (χ0n) is 16.7. The van der Waals surface area contributed by atoms with E-state index in [0.29, 0.717) is 25.3 Å². The summed E-state index contributed by atoms with van der Waals surface area (Å²) in [5.74, 6) is -0.103. The quantitative estimate of drug-likeness (QED) is 0.564. The number of nitrogens with zero attached hydrogens (tertiary/aromatic N) is 2. The molecular weight excluding hydrogens is 378 g/mol. The smallest absolute Gasteiger partial charge is 0.276 e. The van der Waals surface area contributed by atoms with Crippen LogP contribution in [0.4, 0.5) is 5.69 Å². The lowest BCUT2D eigenvalue weighted by Gasteiger charge is -2.18. The summed E-state index contributed by atoms with van der Waals surface area (Å²) >= 11 is 0. The van der Waals surface area contributed by atoms with Crippen LogP contribution in [0.5, 0.6) is 0 Å². The molecule has 6 heteroatoms. The lowest BCUT2D eigenvalue weighted by Crippen LogP contribution is -2.30. The largest absolute Gasteiger partial charge is 0.394 e. The first-order valence-electron chi connectivity index (χ1n) is 10.1. The van der Waals surface area contributed by atoms with Gasteiger partial charge in [-0.2, -0.15) is 0 Å². The van der Waals surface area contributed by atoms with Crippen LogP contribution in [0.2, 0.25) is 0 Å². The van der Waals surface area contributed by atoms with E-state index < -0.39 is 6.10 Å². The Labute approximate surface area is 175 Å². The van der Waals surface area contributed by atoms with Crippen LogP contribution in [0.1, 0.15) is 21.6 Å². The number of aliphatic hydroxyl groups excluding tert-OH is 2. The number of benzene rings is 2. The standard InChI is InChI=1S/C24H25N3O3/c28-16-19(29)15-25-13-17-9-10-22(26-14-17)24(30)27-12-11-21-20(7-4-8-23(21)27)18-5-2-1-3-6-18/h1-10,14,19,25,28-29H,11-13,15-16H2/t19-/m0/s1. The second-order valence-corrected chi connectivity index (χ2v) is 7.40. The number of anilines is 1. The molecule has 0 saturated heterocycles. The van der Waals surface area contributed by atoms with E-state index in [1.807, 2.05) is 36.4 Å².